The van der Waals surface area contributed by atoms with Gasteiger partial charge < -0.3 is 0 Å². The van der Waals surface area contributed by atoms with Crippen molar-refractivity contribution >= 4 is 46.3 Å². The summed E-state index contributed by atoms with van der Waals surface area (Å²) >= 11 is -4.01. The zero-order valence-electron chi connectivity index (χ0n) is 24.6. The van der Waals surface area contributed by atoms with E-state index in [9.17, 15) is 0 Å². The molecule has 0 aromatic heterocycles. The molecule has 2 aliphatic rings. The number of halogens is 2. The number of aryl methyl sites for hydroxylation is 2. The third kappa shape index (κ3) is 4.68. The van der Waals surface area contributed by atoms with Gasteiger partial charge in [0.25, 0.3) is 0 Å². The van der Waals surface area contributed by atoms with Gasteiger partial charge in [-0.3, -0.25) is 0 Å². The second kappa shape index (κ2) is 10.2. The first kappa shape index (κ1) is 28.4. The van der Waals surface area contributed by atoms with Crippen LogP contribution >= 0.6 is 17.0 Å². The molecule has 0 N–H and O–H groups in total. The summed E-state index contributed by atoms with van der Waals surface area (Å²) in [5, 5.41) is 3.00. The molecule has 1 unspecified atom stereocenters. The fraction of sp³-hybridized carbons (Fsp3) is 0.278. The van der Waals surface area contributed by atoms with Crippen molar-refractivity contribution in [1.29, 1.82) is 0 Å². The Bertz CT molecular complexity index is 1670. The summed E-state index contributed by atoms with van der Waals surface area (Å²) in [7, 11) is 15.2. The van der Waals surface area contributed by atoms with E-state index in [2.05, 4.69) is 127 Å². The Morgan fingerprint density at radius 2 is 1.50 bits per heavy atom. The Morgan fingerprint density at radius 1 is 0.825 bits per heavy atom. The van der Waals surface area contributed by atoms with Gasteiger partial charge in [-0.2, -0.15) is 0 Å². The number of fused-ring (bicyclic) bond motifs is 4. The summed E-state index contributed by atoms with van der Waals surface area (Å²) in [6.07, 6.45) is 2.47. The van der Waals surface area contributed by atoms with Crippen molar-refractivity contribution in [2.45, 2.75) is 57.5 Å². The summed E-state index contributed by atoms with van der Waals surface area (Å²) in [5.74, 6) is 0.363. The molecular weight excluding hydrogens is 623 g/mol. The van der Waals surface area contributed by atoms with Crippen molar-refractivity contribution in [2.24, 2.45) is 5.92 Å². The van der Waals surface area contributed by atoms with E-state index >= 15 is 0 Å². The van der Waals surface area contributed by atoms with Gasteiger partial charge >= 0.3 is 256 Å². The van der Waals surface area contributed by atoms with Gasteiger partial charge in [-0.25, -0.2) is 0 Å². The van der Waals surface area contributed by atoms with Gasteiger partial charge in [-0.1, -0.05) is 0 Å². The Morgan fingerprint density at radius 3 is 2.17 bits per heavy atom. The van der Waals surface area contributed by atoms with Crippen molar-refractivity contribution in [3.05, 3.63) is 106 Å². The van der Waals surface area contributed by atoms with Crippen LogP contribution in [0.25, 0.3) is 28.3 Å². The van der Waals surface area contributed by atoms with Crippen molar-refractivity contribution < 1.29 is 17.9 Å². The molecule has 1 aliphatic carbocycles. The maximum atomic E-state index is 7.90. The Balaban J connectivity index is 1.59. The van der Waals surface area contributed by atoms with Crippen LogP contribution < -0.4 is 13.6 Å². The molecule has 0 fully saturated rings. The molecule has 6 rings (SSSR count). The normalized spacial score (nSPS) is 16.8. The predicted octanol–water partition coefficient (Wildman–Crippen LogP) is 8.25. The first-order valence-electron chi connectivity index (χ1n) is 14.4. The van der Waals surface area contributed by atoms with Crippen molar-refractivity contribution in [1.82, 2.24) is 0 Å². The van der Waals surface area contributed by atoms with E-state index in [1.807, 2.05) is 0 Å². The summed E-state index contributed by atoms with van der Waals surface area (Å²) in [6, 6.07) is 27.3. The topological polar surface area (TPSA) is 0 Å². The second-order valence-electron chi connectivity index (χ2n) is 13.1. The van der Waals surface area contributed by atoms with Crippen LogP contribution in [0.5, 0.6) is 0 Å². The van der Waals surface area contributed by atoms with Crippen LogP contribution in [-0.4, -0.2) is 9.52 Å². The summed E-state index contributed by atoms with van der Waals surface area (Å²) in [6.45, 7) is 16.0. The fourth-order valence-corrected chi connectivity index (χ4v) is 24.1. The molecule has 204 valence electrons. The summed E-state index contributed by atoms with van der Waals surface area (Å²) in [4.78, 5) is 0. The molecule has 0 radical (unpaired) electrons. The van der Waals surface area contributed by atoms with E-state index in [1.165, 1.54) is 69.3 Å². The van der Waals surface area contributed by atoms with E-state index in [4.69, 9.17) is 17.0 Å². The molecule has 1 heterocycles. The average molecular weight is 661 g/mol. The van der Waals surface area contributed by atoms with Crippen LogP contribution in [0, 0.1) is 19.8 Å². The molecule has 0 saturated heterocycles. The first-order valence-corrected chi connectivity index (χ1v) is 24.8. The van der Waals surface area contributed by atoms with Gasteiger partial charge in [0, 0.05) is 0 Å². The van der Waals surface area contributed by atoms with E-state index in [0.717, 1.165) is 0 Å². The van der Waals surface area contributed by atoms with Gasteiger partial charge in [0.15, 0.2) is 0 Å². The zero-order valence-corrected chi connectivity index (χ0v) is 30.0. The van der Waals surface area contributed by atoms with Crippen molar-refractivity contribution in [3.8, 4) is 22.3 Å². The quantitative estimate of drug-likeness (QED) is 0.170. The summed E-state index contributed by atoms with van der Waals surface area (Å²) < 4.78 is 1.39. The van der Waals surface area contributed by atoms with Crippen LogP contribution in [0.1, 0.15) is 66.1 Å². The molecule has 0 bridgehead atoms. The average Bonchev–Trinajstić information content (AvgIpc) is 3.46. The second-order valence-corrected chi connectivity index (χ2v) is 29.0. The van der Waals surface area contributed by atoms with Crippen LogP contribution in [-0.2, 0) is 23.3 Å². The van der Waals surface area contributed by atoms with Crippen molar-refractivity contribution in [2.75, 3.05) is 0 Å². The Hall–Kier alpha value is -1.70. The third-order valence-corrected chi connectivity index (χ3v) is 23.0. The standard InChI is InChI=1S/C24H29.C12H9Si.2ClH.Zr/c1-15(2)19-13-18-8-9-22(24(5,6)7)23(21(18)14-19)20-11-16(3)10-17(4)12-20;1-3-7-11-9(5-1)10-6-2-4-8-12(10)13-11;;;/h8-15H,1-7H3;1-7H,13H2;2*1H;/q;;;;+2/p-2. The monoisotopic (exact) mass is 658 g/mol. The molecule has 4 aromatic carbocycles. The maximum absolute atomic E-state index is 7.90. The van der Waals surface area contributed by atoms with Gasteiger partial charge in [-0.05, 0) is 0 Å². The number of allylic oxidation sites excluding steroid dienone is 1. The SMILES string of the molecule is Cc1cc(C)cc(-c2c(C(C)(C)C)ccc3c2C=C(C(C)C)[CH]3[Zr]([Cl])([Cl])[c]2cccc3c2[SiH2]c2ccccc2-3)c1. The number of hydrogen-bond donors (Lipinski definition) is 0. The predicted molar refractivity (Wildman–Crippen MR) is 177 cm³/mol. The first-order chi connectivity index (χ1) is 18.9. The number of benzene rings is 4. The third-order valence-electron chi connectivity index (χ3n) is 8.79. The van der Waals surface area contributed by atoms with Crippen molar-refractivity contribution in [3.63, 3.8) is 0 Å². The molecule has 0 spiro atoms. The van der Waals surface area contributed by atoms with E-state index in [1.54, 1.807) is 0 Å². The molecular formula is C36H38Cl2SiZr. The van der Waals surface area contributed by atoms with Crippen LogP contribution in [0.3, 0.4) is 0 Å². The molecule has 0 nitrogen and oxygen atoms in total. The van der Waals surface area contributed by atoms with Gasteiger partial charge in [-0.15, -0.1) is 0 Å². The Kier molecular flexibility index (Phi) is 7.27. The zero-order chi connectivity index (χ0) is 28.6. The molecule has 40 heavy (non-hydrogen) atoms. The Labute approximate surface area is 254 Å². The molecule has 0 saturated carbocycles. The minimum atomic E-state index is -4.01. The van der Waals surface area contributed by atoms with E-state index in [0.29, 0.717) is 5.92 Å². The van der Waals surface area contributed by atoms with E-state index < -0.39 is 27.4 Å². The molecule has 0 amide bonds. The van der Waals surface area contributed by atoms with Gasteiger partial charge in [0.05, 0.1) is 0 Å². The number of rotatable bonds is 4. The van der Waals surface area contributed by atoms with Crippen LogP contribution in [0.4, 0.5) is 0 Å². The van der Waals surface area contributed by atoms with Gasteiger partial charge in [0.2, 0.25) is 0 Å². The van der Waals surface area contributed by atoms with Gasteiger partial charge in [0.1, 0.15) is 0 Å². The number of hydrogen-bond acceptors (Lipinski definition) is 0. The molecule has 1 atom stereocenters. The fourth-order valence-electron chi connectivity index (χ4n) is 7.06. The molecule has 4 aromatic rings. The minimum absolute atomic E-state index is 0.00582. The molecule has 1 aliphatic heterocycles. The van der Waals surface area contributed by atoms with E-state index in [-0.39, 0.29) is 9.04 Å². The molecule has 4 heteroatoms. The van der Waals surface area contributed by atoms with Crippen LogP contribution in [0.15, 0.2) is 78.4 Å². The summed E-state index contributed by atoms with van der Waals surface area (Å²) in [5.41, 5.74) is 13.5. The van der Waals surface area contributed by atoms with Crippen LogP contribution in [0.2, 0.25) is 0 Å².